The molecule has 17 heavy (non-hydrogen) atoms. The second-order valence-corrected chi connectivity index (χ2v) is 5.54. The van der Waals surface area contributed by atoms with Crippen LogP contribution in [0, 0.1) is 0 Å². The first-order valence-corrected chi connectivity index (χ1v) is 6.30. The van der Waals surface area contributed by atoms with Gasteiger partial charge in [-0.05, 0) is 0 Å². The fourth-order valence-electron chi connectivity index (χ4n) is 1.48. The van der Waals surface area contributed by atoms with E-state index in [1.54, 1.807) is 23.8 Å². The van der Waals surface area contributed by atoms with Crippen LogP contribution in [-0.2, 0) is 19.8 Å². The van der Waals surface area contributed by atoms with Crippen LogP contribution in [0.2, 0.25) is 0 Å². The molecule has 0 N–H and O–H groups in total. The summed E-state index contributed by atoms with van der Waals surface area (Å²) in [7, 11) is 0. The predicted molar refractivity (Wildman–Crippen MR) is 54.3 cm³/mol. The molecule has 0 aliphatic rings. The Morgan fingerprint density at radius 3 is 1.29 bits per heavy atom. The molecular weight excluding hydrogens is 470 g/mol. The smallest absolute Gasteiger partial charge is 1.00 e. The molecule has 0 nitrogen and oxygen atoms in total. The van der Waals surface area contributed by atoms with Crippen LogP contribution in [0.25, 0.3) is 0 Å². The second-order valence-electron chi connectivity index (χ2n) is 4.07. The van der Waals surface area contributed by atoms with Crippen LogP contribution < -0.4 is 53.6 Å². The van der Waals surface area contributed by atoms with Gasteiger partial charge in [-0.25, -0.2) is 0 Å². The molecule has 0 spiro atoms. The van der Waals surface area contributed by atoms with Gasteiger partial charge in [0.05, 0.1) is 0 Å². The number of benzene rings is 1. The van der Waals surface area contributed by atoms with E-state index < -0.39 is 0 Å². The van der Waals surface area contributed by atoms with Gasteiger partial charge in [-0.3, -0.25) is 0 Å². The average molecular weight is 487 g/mol. The van der Waals surface area contributed by atoms with Gasteiger partial charge in [0.1, 0.15) is 0 Å². The number of halogens is 4. The molecule has 99 valence electrons. The van der Waals surface area contributed by atoms with Crippen molar-refractivity contribution in [3.05, 3.63) is 29.3 Å². The summed E-state index contributed by atoms with van der Waals surface area (Å²) in [5.41, 5.74) is 3.06. The van der Waals surface area contributed by atoms with Crippen molar-refractivity contribution < 1.29 is 69.4 Å². The molecule has 0 fully saturated rings. The van der Waals surface area contributed by atoms with Gasteiger partial charge < -0.3 is 49.6 Å². The molecule has 0 aromatic heterocycles. The van der Waals surface area contributed by atoms with Crippen molar-refractivity contribution in [3.8, 4) is 0 Å². The van der Waals surface area contributed by atoms with E-state index in [4.69, 9.17) is 0 Å². The zero-order valence-corrected chi connectivity index (χ0v) is 16.3. The third-order valence-corrected chi connectivity index (χ3v) is 4.01. The van der Waals surface area contributed by atoms with Gasteiger partial charge in [0.25, 0.3) is 0 Å². The van der Waals surface area contributed by atoms with E-state index in [0.717, 1.165) is 0 Å². The predicted octanol–water partition coefficient (Wildman–Crippen LogP) is -8.88. The summed E-state index contributed by atoms with van der Waals surface area (Å²) >= 11 is 1.60. The van der Waals surface area contributed by atoms with E-state index in [2.05, 4.69) is 45.9 Å². The van der Waals surface area contributed by atoms with Crippen LogP contribution in [-0.4, -0.2) is 0 Å². The SMILES string of the molecule is CC(C)c1cccc(C(C)C)[c]1[W+4].[Cl-].[Cl-].[Cl-].[Cl-]. The Hall–Kier alpha value is 1.07. The summed E-state index contributed by atoms with van der Waals surface area (Å²) < 4.78 is 1.56. The van der Waals surface area contributed by atoms with Gasteiger partial charge in [-0.2, -0.15) is 0 Å². The summed E-state index contributed by atoms with van der Waals surface area (Å²) in [6, 6.07) is 6.72. The van der Waals surface area contributed by atoms with E-state index >= 15 is 0 Å². The molecule has 0 atom stereocenters. The van der Waals surface area contributed by atoms with Crippen molar-refractivity contribution in [3.63, 3.8) is 0 Å². The van der Waals surface area contributed by atoms with Gasteiger partial charge in [0.15, 0.2) is 0 Å². The Kier molecular flexibility index (Phi) is 19.0. The van der Waals surface area contributed by atoms with Crippen LogP contribution in [0.5, 0.6) is 0 Å². The van der Waals surface area contributed by atoms with E-state index in [0.29, 0.717) is 11.8 Å². The molecule has 0 amide bonds. The van der Waals surface area contributed by atoms with E-state index in [1.165, 1.54) is 11.1 Å². The van der Waals surface area contributed by atoms with Crippen molar-refractivity contribution in [2.45, 2.75) is 39.5 Å². The Balaban J connectivity index is -0.000000211. The van der Waals surface area contributed by atoms with Crippen molar-refractivity contribution in [2.75, 3.05) is 0 Å². The van der Waals surface area contributed by atoms with Crippen molar-refractivity contribution in [1.82, 2.24) is 0 Å². The summed E-state index contributed by atoms with van der Waals surface area (Å²) in [4.78, 5) is 0. The molecule has 0 heterocycles. The molecule has 0 radical (unpaired) electrons. The summed E-state index contributed by atoms with van der Waals surface area (Å²) in [5.74, 6) is 1.32. The van der Waals surface area contributed by atoms with Crippen LogP contribution in [0.3, 0.4) is 0 Å². The van der Waals surface area contributed by atoms with Crippen LogP contribution in [0.15, 0.2) is 18.2 Å². The molecular formula is C12H17Cl4W. The van der Waals surface area contributed by atoms with Gasteiger partial charge in [-0.15, -0.1) is 0 Å². The van der Waals surface area contributed by atoms with Gasteiger partial charge in [0.2, 0.25) is 0 Å². The summed E-state index contributed by atoms with van der Waals surface area (Å²) in [6.45, 7) is 9.08. The minimum absolute atomic E-state index is 0. The van der Waals surface area contributed by atoms with Crippen molar-refractivity contribution in [2.24, 2.45) is 0 Å². The maximum atomic E-state index is 2.27. The number of rotatable bonds is 2. The topological polar surface area (TPSA) is 0 Å². The molecule has 1 rings (SSSR count). The monoisotopic (exact) mass is 485 g/mol. The summed E-state index contributed by atoms with van der Waals surface area (Å²) in [5, 5.41) is 0. The third kappa shape index (κ3) is 7.28. The fraction of sp³-hybridized carbons (Fsp3) is 0.500. The van der Waals surface area contributed by atoms with E-state index in [9.17, 15) is 0 Å². The van der Waals surface area contributed by atoms with Crippen LogP contribution >= 0.6 is 0 Å². The zero-order valence-electron chi connectivity index (χ0n) is 10.3. The van der Waals surface area contributed by atoms with Crippen LogP contribution in [0.4, 0.5) is 0 Å². The molecule has 1 aromatic rings. The van der Waals surface area contributed by atoms with Crippen LogP contribution in [0.1, 0.15) is 50.7 Å². The van der Waals surface area contributed by atoms with E-state index in [-0.39, 0.29) is 49.6 Å². The largest absolute Gasteiger partial charge is 1.00 e. The molecule has 0 saturated carbocycles. The first-order chi connectivity index (χ1) is 6.04. The Bertz CT molecular complexity index is 274. The van der Waals surface area contributed by atoms with Crippen molar-refractivity contribution >= 4 is 3.95 Å². The molecule has 5 heteroatoms. The Morgan fingerprint density at radius 2 is 1.06 bits per heavy atom. The maximum Gasteiger partial charge on any atom is -1.00 e. The molecule has 0 bridgehead atoms. The Morgan fingerprint density at radius 1 is 0.765 bits per heavy atom. The minimum Gasteiger partial charge on any atom is -1.00 e. The minimum atomic E-state index is 0. The molecule has 0 aliphatic heterocycles. The first-order valence-electron chi connectivity index (χ1n) is 4.83. The fourth-order valence-corrected chi connectivity index (χ4v) is 3.67. The van der Waals surface area contributed by atoms with Gasteiger partial charge in [-0.1, -0.05) is 0 Å². The number of hydrogen-bond acceptors (Lipinski definition) is 0. The quantitative estimate of drug-likeness (QED) is 0.390. The first kappa shape index (κ1) is 26.6. The molecule has 0 saturated heterocycles. The third-order valence-electron chi connectivity index (χ3n) is 2.32. The Labute approximate surface area is 141 Å². The van der Waals surface area contributed by atoms with Gasteiger partial charge in [0, 0.05) is 0 Å². The second kappa shape index (κ2) is 12.1. The standard InChI is InChI=1S/C12H17.4ClH.W/c1-9(2)11-6-5-7-12(8-11)10(3)4;;;;;/h5-7,9-10H,1-4H3;4*1H;/q;;;;;+4/p-4. The van der Waals surface area contributed by atoms with Crippen molar-refractivity contribution in [1.29, 1.82) is 0 Å². The number of hydrogen-bond donors (Lipinski definition) is 0. The van der Waals surface area contributed by atoms with Gasteiger partial charge >= 0.3 is 92.6 Å². The molecule has 1 aromatic carbocycles. The van der Waals surface area contributed by atoms with E-state index in [1.807, 2.05) is 0 Å². The zero-order chi connectivity index (χ0) is 10.0. The normalized spacial score (nSPS) is 8.71. The molecule has 0 aliphatic carbocycles. The molecule has 0 unspecified atom stereocenters. The average Bonchev–Trinajstić information content (AvgIpc) is 2.03. The summed E-state index contributed by atoms with van der Waals surface area (Å²) in [6.07, 6.45) is 0. The maximum absolute atomic E-state index is 2.27.